The molecule has 1 aromatic rings. The van der Waals surface area contributed by atoms with Gasteiger partial charge in [0.15, 0.2) is 0 Å². The number of nitrogens with zero attached hydrogens (tertiary/aromatic N) is 1. The van der Waals surface area contributed by atoms with Crippen molar-refractivity contribution in [3.63, 3.8) is 0 Å². The number of nitrogens with one attached hydrogen (secondary N) is 2. The van der Waals surface area contributed by atoms with Gasteiger partial charge >= 0.3 is 0 Å². The highest BCUT2D eigenvalue weighted by molar-refractivity contribution is 6.30. The summed E-state index contributed by atoms with van der Waals surface area (Å²) >= 11 is 5.76. The lowest BCUT2D eigenvalue weighted by Gasteiger charge is -2.24. The van der Waals surface area contributed by atoms with Gasteiger partial charge in [-0.2, -0.15) is 0 Å². The second-order valence-corrected chi connectivity index (χ2v) is 4.41. The first kappa shape index (κ1) is 9.74. The molecule has 2 rings (SSSR count). The van der Waals surface area contributed by atoms with E-state index in [1.54, 1.807) is 6.20 Å². The van der Waals surface area contributed by atoms with E-state index in [9.17, 15) is 0 Å². The van der Waals surface area contributed by atoms with E-state index in [-0.39, 0.29) is 5.54 Å². The van der Waals surface area contributed by atoms with Gasteiger partial charge in [0.2, 0.25) is 0 Å². The topological polar surface area (TPSA) is 37.0 Å². The molecule has 0 spiro atoms. The van der Waals surface area contributed by atoms with Crippen LogP contribution in [0.1, 0.15) is 13.3 Å². The van der Waals surface area contributed by atoms with Crippen LogP contribution < -0.4 is 10.6 Å². The van der Waals surface area contributed by atoms with Crippen molar-refractivity contribution >= 4 is 17.4 Å². The van der Waals surface area contributed by atoms with Gasteiger partial charge in [-0.25, -0.2) is 4.98 Å². The van der Waals surface area contributed by atoms with Crippen LogP contribution in [0, 0.1) is 0 Å². The lowest BCUT2D eigenvalue weighted by atomic mass is 10.0. The normalized spacial score (nSPS) is 26.4. The van der Waals surface area contributed by atoms with Gasteiger partial charge in [-0.15, -0.1) is 0 Å². The van der Waals surface area contributed by atoms with Crippen molar-refractivity contribution in [2.45, 2.75) is 18.9 Å². The molecule has 0 amide bonds. The van der Waals surface area contributed by atoms with Crippen LogP contribution in [-0.4, -0.2) is 23.6 Å². The summed E-state index contributed by atoms with van der Waals surface area (Å²) in [4.78, 5) is 4.22. The zero-order chi connectivity index (χ0) is 10.0. The predicted octanol–water partition coefficient (Wildman–Crippen LogP) is 1.90. The Kier molecular flexibility index (Phi) is 2.61. The van der Waals surface area contributed by atoms with E-state index < -0.39 is 0 Å². The van der Waals surface area contributed by atoms with Crippen molar-refractivity contribution < 1.29 is 0 Å². The summed E-state index contributed by atoms with van der Waals surface area (Å²) in [5.74, 6) is 0.889. The van der Waals surface area contributed by atoms with Crippen LogP contribution in [0.5, 0.6) is 0 Å². The Morgan fingerprint density at radius 3 is 3.00 bits per heavy atom. The molecule has 1 aromatic heterocycles. The average Bonchev–Trinajstić information content (AvgIpc) is 2.57. The Labute approximate surface area is 88.9 Å². The minimum absolute atomic E-state index is 0.126. The largest absolute Gasteiger partial charge is 0.364 e. The third kappa shape index (κ3) is 2.16. The lowest BCUT2D eigenvalue weighted by Crippen LogP contribution is -2.37. The summed E-state index contributed by atoms with van der Waals surface area (Å²) in [7, 11) is 0. The maximum Gasteiger partial charge on any atom is 0.126 e. The van der Waals surface area contributed by atoms with Gasteiger partial charge in [0.25, 0.3) is 0 Å². The molecule has 1 fully saturated rings. The monoisotopic (exact) mass is 211 g/mol. The molecule has 1 aliphatic rings. The van der Waals surface area contributed by atoms with Crippen LogP contribution >= 0.6 is 11.6 Å². The Bertz CT molecular complexity index is 304. The summed E-state index contributed by atoms with van der Waals surface area (Å²) in [6, 6.07) is 3.76. The number of rotatable bonds is 2. The minimum atomic E-state index is 0.126. The van der Waals surface area contributed by atoms with Gasteiger partial charge in [-0.1, -0.05) is 11.6 Å². The van der Waals surface area contributed by atoms with Crippen LogP contribution in [0.15, 0.2) is 18.3 Å². The number of hydrogen-bond acceptors (Lipinski definition) is 3. The SMILES string of the molecule is CC1(Nc2ccc(Cl)cn2)CCNC1. The molecular weight excluding hydrogens is 198 g/mol. The number of halogens is 1. The molecule has 76 valence electrons. The molecule has 14 heavy (non-hydrogen) atoms. The lowest BCUT2D eigenvalue weighted by molar-refractivity contribution is 0.564. The fourth-order valence-corrected chi connectivity index (χ4v) is 1.79. The number of anilines is 1. The van der Waals surface area contributed by atoms with Crippen molar-refractivity contribution in [2.75, 3.05) is 18.4 Å². The van der Waals surface area contributed by atoms with Crippen LogP contribution in [0.4, 0.5) is 5.82 Å². The molecule has 1 aliphatic heterocycles. The quantitative estimate of drug-likeness (QED) is 0.785. The van der Waals surface area contributed by atoms with E-state index in [1.807, 2.05) is 12.1 Å². The first-order valence-corrected chi connectivity index (χ1v) is 5.16. The summed E-state index contributed by atoms with van der Waals surface area (Å²) in [5, 5.41) is 7.41. The molecule has 0 radical (unpaired) electrons. The third-order valence-electron chi connectivity index (χ3n) is 2.53. The van der Waals surface area contributed by atoms with Crippen LogP contribution in [-0.2, 0) is 0 Å². The third-order valence-corrected chi connectivity index (χ3v) is 2.75. The van der Waals surface area contributed by atoms with Crippen molar-refractivity contribution in [3.05, 3.63) is 23.4 Å². The van der Waals surface area contributed by atoms with Crippen molar-refractivity contribution in [1.29, 1.82) is 0 Å². The minimum Gasteiger partial charge on any atom is -0.364 e. The fourth-order valence-electron chi connectivity index (χ4n) is 1.68. The number of pyridine rings is 1. The van der Waals surface area contributed by atoms with Gasteiger partial charge in [-0.05, 0) is 32.0 Å². The van der Waals surface area contributed by atoms with Crippen LogP contribution in [0.2, 0.25) is 5.02 Å². The Balaban J connectivity index is 2.06. The predicted molar refractivity (Wildman–Crippen MR) is 58.8 cm³/mol. The van der Waals surface area contributed by atoms with E-state index in [4.69, 9.17) is 11.6 Å². The average molecular weight is 212 g/mol. The van der Waals surface area contributed by atoms with E-state index in [2.05, 4.69) is 22.5 Å². The molecule has 0 aromatic carbocycles. The van der Waals surface area contributed by atoms with E-state index >= 15 is 0 Å². The van der Waals surface area contributed by atoms with Gasteiger partial charge in [-0.3, -0.25) is 0 Å². The first-order chi connectivity index (χ1) is 6.68. The summed E-state index contributed by atoms with van der Waals surface area (Å²) in [5.41, 5.74) is 0.126. The standard InChI is InChI=1S/C10H14ClN3/c1-10(4-5-12-7-10)14-9-3-2-8(11)6-13-9/h2-3,6,12H,4-5,7H2,1H3,(H,13,14). The van der Waals surface area contributed by atoms with Crippen molar-refractivity contribution in [3.8, 4) is 0 Å². The van der Waals surface area contributed by atoms with Gasteiger partial charge in [0, 0.05) is 18.3 Å². The second kappa shape index (κ2) is 3.75. The molecule has 2 heterocycles. The zero-order valence-corrected chi connectivity index (χ0v) is 8.93. The highest BCUT2D eigenvalue weighted by Crippen LogP contribution is 2.20. The molecule has 3 nitrogen and oxygen atoms in total. The Morgan fingerprint density at radius 2 is 2.43 bits per heavy atom. The molecule has 2 N–H and O–H groups in total. The first-order valence-electron chi connectivity index (χ1n) is 4.78. The molecule has 1 saturated heterocycles. The van der Waals surface area contributed by atoms with Gasteiger partial charge in [0.1, 0.15) is 5.82 Å². The molecule has 0 aliphatic carbocycles. The molecule has 0 bridgehead atoms. The molecule has 0 saturated carbocycles. The molecule has 4 heteroatoms. The fraction of sp³-hybridized carbons (Fsp3) is 0.500. The van der Waals surface area contributed by atoms with Crippen molar-refractivity contribution in [1.82, 2.24) is 10.3 Å². The maximum absolute atomic E-state index is 5.76. The van der Waals surface area contributed by atoms with Crippen molar-refractivity contribution in [2.24, 2.45) is 0 Å². The Hall–Kier alpha value is -0.800. The van der Waals surface area contributed by atoms with Crippen LogP contribution in [0.25, 0.3) is 0 Å². The smallest absolute Gasteiger partial charge is 0.126 e. The molecule has 1 unspecified atom stereocenters. The second-order valence-electron chi connectivity index (χ2n) is 3.97. The highest BCUT2D eigenvalue weighted by Gasteiger charge is 2.28. The van der Waals surface area contributed by atoms with Crippen LogP contribution in [0.3, 0.4) is 0 Å². The summed E-state index contributed by atoms with van der Waals surface area (Å²) in [6.07, 6.45) is 2.78. The van der Waals surface area contributed by atoms with Gasteiger partial charge in [0.05, 0.1) is 5.02 Å². The Morgan fingerprint density at radius 1 is 1.57 bits per heavy atom. The van der Waals surface area contributed by atoms with Gasteiger partial charge < -0.3 is 10.6 Å². The molecular formula is C10H14ClN3. The number of aromatic nitrogens is 1. The summed E-state index contributed by atoms with van der Waals surface area (Å²) in [6.45, 7) is 4.25. The van der Waals surface area contributed by atoms with E-state index in [0.29, 0.717) is 5.02 Å². The van der Waals surface area contributed by atoms with E-state index in [0.717, 1.165) is 25.3 Å². The summed E-state index contributed by atoms with van der Waals surface area (Å²) < 4.78 is 0. The maximum atomic E-state index is 5.76. The highest BCUT2D eigenvalue weighted by atomic mass is 35.5. The zero-order valence-electron chi connectivity index (χ0n) is 8.18. The number of hydrogen-bond donors (Lipinski definition) is 2. The molecule has 1 atom stereocenters. The van der Waals surface area contributed by atoms with E-state index in [1.165, 1.54) is 0 Å².